The van der Waals surface area contributed by atoms with Gasteiger partial charge in [-0.2, -0.15) is 9.97 Å². The molecule has 6 rings (SSSR count). The van der Waals surface area contributed by atoms with Gasteiger partial charge in [0.25, 0.3) is 0 Å². The van der Waals surface area contributed by atoms with E-state index in [9.17, 15) is 0 Å². The van der Waals surface area contributed by atoms with Crippen molar-refractivity contribution in [2.75, 3.05) is 0 Å². The van der Waals surface area contributed by atoms with Gasteiger partial charge in [-0.05, 0) is 68.2 Å². The predicted octanol–water partition coefficient (Wildman–Crippen LogP) is 7.32. The lowest BCUT2D eigenvalue weighted by Crippen LogP contribution is -1.97. The van der Waals surface area contributed by atoms with Gasteiger partial charge in [0.1, 0.15) is 0 Å². The molecule has 5 aromatic carbocycles. The van der Waals surface area contributed by atoms with Crippen LogP contribution in [-0.2, 0) is 0 Å². The molecular formula is C27H16ClN3. The SMILES string of the molecule is Clc1nc(-c2ccc3ccccc3c2)nc(-c2ccc3cc4ccccc4cc3c2)n1. The fourth-order valence-corrected chi connectivity index (χ4v) is 4.18. The maximum atomic E-state index is 6.30. The van der Waals surface area contributed by atoms with Crippen molar-refractivity contribution in [2.45, 2.75) is 0 Å². The molecule has 0 radical (unpaired) electrons. The van der Waals surface area contributed by atoms with E-state index in [4.69, 9.17) is 16.6 Å². The first-order valence-electron chi connectivity index (χ1n) is 10.1. The van der Waals surface area contributed by atoms with Gasteiger partial charge in [0, 0.05) is 11.1 Å². The van der Waals surface area contributed by atoms with E-state index in [2.05, 4.69) is 82.8 Å². The summed E-state index contributed by atoms with van der Waals surface area (Å²) < 4.78 is 0. The van der Waals surface area contributed by atoms with Crippen LogP contribution in [0.1, 0.15) is 0 Å². The molecule has 0 saturated heterocycles. The maximum absolute atomic E-state index is 6.30. The number of hydrogen-bond donors (Lipinski definition) is 0. The molecule has 0 saturated carbocycles. The molecule has 6 aromatic rings. The van der Waals surface area contributed by atoms with Crippen LogP contribution in [0.4, 0.5) is 0 Å². The summed E-state index contributed by atoms with van der Waals surface area (Å²) in [6.07, 6.45) is 0. The van der Waals surface area contributed by atoms with E-state index in [1.807, 2.05) is 24.3 Å². The zero-order chi connectivity index (χ0) is 20.8. The Labute approximate surface area is 184 Å². The number of halogens is 1. The minimum absolute atomic E-state index is 0.187. The molecule has 1 aromatic heterocycles. The molecular weight excluding hydrogens is 402 g/mol. The lowest BCUT2D eigenvalue weighted by Gasteiger charge is -2.08. The average molecular weight is 418 g/mol. The minimum atomic E-state index is 0.187. The molecule has 0 amide bonds. The van der Waals surface area contributed by atoms with Crippen LogP contribution in [0, 0.1) is 0 Å². The average Bonchev–Trinajstić information content (AvgIpc) is 2.81. The smallest absolute Gasteiger partial charge is 0.208 e. The summed E-state index contributed by atoms with van der Waals surface area (Å²) in [6, 6.07) is 33.4. The second-order valence-electron chi connectivity index (χ2n) is 7.57. The molecule has 0 aliphatic rings. The van der Waals surface area contributed by atoms with Crippen LogP contribution in [0.2, 0.25) is 5.28 Å². The van der Waals surface area contributed by atoms with Crippen LogP contribution in [0.5, 0.6) is 0 Å². The van der Waals surface area contributed by atoms with E-state index in [0.717, 1.165) is 21.9 Å². The van der Waals surface area contributed by atoms with Crippen molar-refractivity contribution in [3.05, 3.63) is 102 Å². The number of nitrogens with zero attached hydrogens (tertiary/aromatic N) is 3. The molecule has 146 valence electrons. The van der Waals surface area contributed by atoms with Crippen molar-refractivity contribution in [2.24, 2.45) is 0 Å². The van der Waals surface area contributed by atoms with E-state index >= 15 is 0 Å². The van der Waals surface area contributed by atoms with Crippen LogP contribution in [0.25, 0.3) is 55.1 Å². The van der Waals surface area contributed by atoms with Crippen molar-refractivity contribution in [3.63, 3.8) is 0 Å². The first kappa shape index (κ1) is 18.0. The van der Waals surface area contributed by atoms with Crippen molar-refractivity contribution in [3.8, 4) is 22.8 Å². The Hall–Kier alpha value is -3.82. The van der Waals surface area contributed by atoms with Crippen molar-refractivity contribution < 1.29 is 0 Å². The third-order valence-electron chi connectivity index (χ3n) is 5.58. The molecule has 3 nitrogen and oxygen atoms in total. The van der Waals surface area contributed by atoms with Gasteiger partial charge >= 0.3 is 0 Å². The Morgan fingerprint density at radius 2 is 0.871 bits per heavy atom. The summed E-state index contributed by atoms with van der Waals surface area (Å²) in [7, 11) is 0. The first-order chi connectivity index (χ1) is 15.2. The Balaban J connectivity index is 1.48. The summed E-state index contributed by atoms with van der Waals surface area (Å²) in [5, 5.41) is 7.25. The highest BCUT2D eigenvalue weighted by atomic mass is 35.5. The van der Waals surface area contributed by atoms with Crippen LogP contribution in [-0.4, -0.2) is 15.0 Å². The Bertz CT molecular complexity index is 1610. The zero-order valence-corrected chi connectivity index (χ0v) is 17.2. The monoisotopic (exact) mass is 417 g/mol. The highest BCUT2D eigenvalue weighted by molar-refractivity contribution is 6.28. The fraction of sp³-hybridized carbons (Fsp3) is 0. The number of benzene rings is 5. The quantitative estimate of drug-likeness (QED) is 0.277. The van der Waals surface area contributed by atoms with Gasteiger partial charge in [0.15, 0.2) is 11.6 Å². The predicted molar refractivity (Wildman–Crippen MR) is 128 cm³/mol. The number of hydrogen-bond acceptors (Lipinski definition) is 3. The van der Waals surface area contributed by atoms with Crippen molar-refractivity contribution in [1.29, 1.82) is 0 Å². The Morgan fingerprint density at radius 3 is 1.52 bits per heavy atom. The molecule has 0 fully saturated rings. The third kappa shape index (κ3) is 3.29. The molecule has 0 bridgehead atoms. The Morgan fingerprint density at radius 1 is 0.419 bits per heavy atom. The molecule has 1 heterocycles. The van der Waals surface area contributed by atoms with E-state index in [1.54, 1.807) is 0 Å². The Kier molecular flexibility index (Phi) is 4.15. The molecule has 4 heteroatoms. The molecule has 0 N–H and O–H groups in total. The standard InChI is InChI=1S/C27H16ClN3/c28-27-30-25(22-11-9-17-5-1-2-6-18(17)14-22)29-26(31-27)23-12-10-21-13-19-7-3-4-8-20(19)15-24(21)16-23/h1-16H. The van der Waals surface area contributed by atoms with E-state index < -0.39 is 0 Å². The molecule has 0 unspecified atom stereocenters. The highest BCUT2D eigenvalue weighted by Crippen LogP contribution is 2.29. The summed E-state index contributed by atoms with van der Waals surface area (Å²) in [5.41, 5.74) is 1.82. The second-order valence-corrected chi connectivity index (χ2v) is 7.91. The van der Waals surface area contributed by atoms with Gasteiger partial charge in [-0.25, -0.2) is 4.98 Å². The third-order valence-corrected chi connectivity index (χ3v) is 5.75. The molecule has 31 heavy (non-hydrogen) atoms. The van der Waals surface area contributed by atoms with Crippen LogP contribution in [0.15, 0.2) is 97.1 Å². The van der Waals surface area contributed by atoms with Gasteiger partial charge < -0.3 is 0 Å². The lowest BCUT2D eigenvalue weighted by atomic mass is 10.0. The van der Waals surface area contributed by atoms with E-state index in [-0.39, 0.29) is 5.28 Å². The van der Waals surface area contributed by atoms with Gasteiger partial charge in [-0.1, -0.05) is 72.8 Å². The summed E-state index contributed by atoms with van der Waals surface area (Å²) in [4.78, 5) is 13.5. The summed E-state index contributed by atoms with van der Waals surface area (Å²) >= 11 is 6.30. The van der Waals surface area contributed by atoms with E-state index in [1.165, 1.54) is 21.5 Å². The summed E-state index contributed by atoms with van der Waals surface area (Å²) in [6.45, 7) is 0. The highest BCUT2D eigenvalue weighted by Gasteiger charge is 2.11. The van der Waals surface area contributed by atoms with Gasteiger partial charge in [0.2, 0.25) is 5.28 Å². The van der Waals surface area contributed by atoms with E-state index in [0.29, 0.717) is 11.6 Å². The zero-order valence-electron chi connectivity index (χ0n) is 16.5. The molecule has 0 aliphatic carbocycles. The fourth-order valence-electron chi connectivity index (χ4n) is 4.02. The number of aromatic nitrogens is 3. The topological polar surface area (TPSA) is 38.7 Å². The van der Waals surface area contributed by atoms with Crippen molar-refractivity contribution in [1.82, 2.24) is 15.0 Å². The van der Waals surface area contributed by atoms with Gasteiger partial charge in [-0.15, -0.1) is 0 Å². The normalized spacial score (nSPS) is 11.4. The van der Waals surface area contributed by atoms with Gasteiger partial charge in [0.05, 0.1) is 0 Å². The van der Waals surface area contributed by atoms with Crippen molar-refractivity contribution >= 4 is 43.9 Å². The maximum Gasteiger partial charge on any atom is 0.226 e. The number of rotatable bonds is 2. The molecule has 0 atom stereocenters. The van der Waals surface area contributed by atoms with Gasteiger partial charge in [-0.3, -0.25) is 0 Å². The largest absolute Gasteiger partial charge is 0.226 e. The van der Waals surface area contributed by atoms with Crippen LogP contribution in [0.3, 0.4) is 0 Å². The summed E-state index contributed by atoms with van der Waals surface area (Å²) in [5.74, 6) is 1.14. The molecule has 0 spiro atoms. The van der Waals surface area contributed by atoms with Crippen LogP contribution >= 0.6 is 11.6 Å². The minimum Gasteiger partial charge on any atom is -0.208 e. The molecule has 0 aliphatic heterocycles. The van der Waals surface area contributed by atoms with Crippen LogP contribution < -0.4 is 0 Å². The second kappa shape index (κ2) is 7.15. The number of fused-ring (bicyclic) bond motifs is 3. The lowest BCUT2D eigenvalue weighted by molar-refractivity contribution is 1.07. The first-order valence-corrected chi connectivity index (χ1v) is 10.4.